The summed E-state index contributed by atoms with van der Waals surface area (Å²) < 4.78 is 35.3. The number of anilines is 2. The Kier molecular flexibility index (Phi) is 6.97. The fourth-order valence-corrected chi connectivity index (χ4v) is 7.55. The molecule has 0 aliphatic carbocycles. The first-order valence-corrected chi connectivity index (χ1v) is 17.8. The van der Waals surface area contributed by atoms with Crippen molar-refractivity contribution in [1.29, 1.82) is 0 Å². The van der Waals surface area contributed by atoms with Gasteiger partial charge in [-0.3, -0.25) is 0 Å². The van der Waals surface area contributed by atoms with E-state index in [0.29, 0.717) is 19.1 Å². The number of rotatable bonds is 2. The minimum absolute atomic E-state index is 0.000863. The molecule has 7 rings (SSSR count). The second-order valence-electron chi connectivity index (χ2n) is 10.1. The van der Waals surface area contributed by atoms with Gasteiger partial charge in [-0.1, -0.05) is 0 Å². The Morgan fingerprint density at radius 2 is 2.05 bits per heavy atom. The molecule has 10 N–H and O–H groups in total. The van der Waals surface area contributed by atoms with E-state index in [4.69, 9.17) is 38.7 Å². The van der Waals surface area contributed by atoms with Crippen molar-refractivity contribution in [2.24, 2.45) is 11.7 Å². The summed E-state index contributed by atoms with van der Waals surface area (Å²) in [7, 11) is -9.17. The summed E-state index contributed by atoms with van der Waals surface area (Å²) in [6.07, 6.45) is 2.47. The van der Waals surface area contributed by atoms with E-state index in [1.54, 1.807) is 0 Å². The molecule has 0 radical (unpaired) electrons. The van der Waals surface area contributed by atoms with Crippen LogP contribution in [-0.2, 0) is 24.9 Å². The summed E-state index contributed by atoms with van der Waals surface area (Å²) in [4.78, 5) is 57.2. The molecule has 2 fully saturated rings. The normalized spacial score (nSPS) is 29.3. The number of H-pyrrole nitrogens is 1. The third-order valence-corrected chi connectivity index (χ3v) is 9.88. The van der Waals surface area contributed by atoms with Crippen LogP contribution in [0.3, 0.4) is 0 Å². The second kappa shape index (κ2) is 10.5. The molecule has 3 aromatic heterocycles. The van der Waals surface area contributed by atoms with E-state index in [-0.39, 0.29) is 70.7 Å². The predicted octanol–water partition coefficient (Wildman–Crippen LogP) is -0.361. The number of aromatic nitrogens is 4. The molecule has 4 aliphatic heterocycles. The molecule has 0 amide bonds. The van der Waals surface area contributed by atoms with Gasteiger partial charge in [0.1, 0.15) is 0 Å². The van der Waals surface area contributed by atoms with Crippen molar-refractivity contribution >= 4 is 56.4 Å². The number of nitrogen functional groups attached to an aromatic ring is 1. The Bertz CT molecular complexity index is 1710. The van der Waals surface area contributed by atoms with Crippen LogP contribution in [0.5, 0.6) is 5.75 Å². The fraction of sp³-hybridized carbons (Fsp3) is 0.381. The SMILES string of the molecule is Nc1nc2c(ncn2C2=C3C/C(=C\O[PH](O)(O)Oc4cc(N5CCC6C(N)NCNC65)oc4CO[PH](O)(S)O3)O2)c(=O)[nH]1. The van der Waals surface area contributed by atoms with Crippen LogP contribution < -0.4 is 37.1 Å². The van der Waals surface area contributed by atoms with Crippen molar-refractivity contribution in [3.63, 3.8) is 0 Å². The van der Waals surface area contributed by atoms with Crippen LogP contribution in [0.2, 0.25) is 0 Å². The number of ether oxygens (including phenoxy) is 1. The summed E-state index contributed by atoms with van der Waals surface area (Å²) in [6, 6.07) is 1.48. The van der Waals surface area contributed by atoms with Crippen LogP contribution in [-0.4, -0.2) is 59.7 Å². The van der Waals surface area contributed by atoms with E-state index < -0.39 is 27.5 Å². The number of aromatic amines is 1. The number of fused-ring (bicyclic) bond motifs is 5. The molecule has 19 nitrogen and oxygen atoms in total. The zero-order valence-electron chi connectivity index (χ0n) is 22.1. The van der Waals surface area contributed by atoms with Crippen LogP contribution in [0.4, 0.5) is 11.8 Å². The van der Waals surface area contributed by atoms with Crippen LogP contribution in [0.25, 0.3) is 17.0 Å². The molecule has 43 heavy (non-hydrogen) atoms. The number of nitrogens with zero attached hydrogens (tertiary/aromatic N) is 4. The molecule has 234 valence electrons. The number of imidazole rings is 1. The summed E-state index contributed by atoms with van der Waals surface area (Å²) >= 11 is 4.25. The molecule has 0 saturated carbocycles. The zero-order chi connectivity index (χ0) is 30.1. The van der Waals surface area contributed by atoms with Crippen molar-refractivity contribution in [1.82, 2.24) is 30.2 Å². The van der Waals surface area contributed by atoms with Crippen molar-refractivity contribution in [3.05, 3.63) is 46.3 Å². The van der Waals surface area contributed by atoms with Crippen LogP contribution in [0.15, 0.2) is 39.4 Å². The molecule has 0 spiro atoms. The molecule has 2 bridgehead atoms. The maximum atomic E-state index is 12.3. The molecular weight excluding hydrogens is 632 g/mol. The standard InChI is InChI=1S/C21H29N9O10P2S/c22-16-10-1-2-29(17(10)25-7-24-16)14-4-11-13(38-14)6-36-42(34,43)40-12-3-9(5-35-41(32,33)39-11)37-20(12)30-8-26-15-18(30)27-21(23)28-19(15)31/h4-5,8,10,16-17,24-25,32-34,41-43H,1-3,6-7,22H2,(H3,23,27,28,31)/b9-5+. The van der Waals surface area contributed by atoms with Gasteiger partial charge in [-0.2, -0.15) is 0 Å². The van der Waals surface area contributed by atoms with Crippen molar-refractivity contribution in [2.75, 3.05) is 23.8 Å². The van der Waals surface area contributed by atoms with Gasteiger partial charge >= 0.3 is 248 Å². The van der Waals surface area contributed by atoms with Gasteiger partial charge in [-0.05, 0) is 0 Å². The molecule has 3 atom stereocenters. The average Bonchev–Trinajstić information content (AvgIpc) is 3.71. The average molecular weight is 662 g/mol. The van der Waals surface area contributed by atoms with Gasteiger partial charge in [0.25, 0.3) is 0 Å². The Morgan fingerprint density at radius 1 is 1.21 bits per heavy atom. The van der Waals surface area contributed by atoms with E-state index in [1.165, 1.54) is 17.0 Å². The number of nitrogens with one attached hydrogen (secondary N) is 3. The maximum absolute atomic E-state index is 12.3. The first-order chi connectivity index (χ1) is 20.5. The number of hydrogen-bond donors (Lipinski definition) is 9. The third kappa shape index (κ3) is 5.40. The molecule has 4 aliphatic rings. The van der Waals surface area contributed by atoms with Gasteiger partial charge in [0, 0.05) is 0 Å². The van der Waals surface area contributed by atoms with Gasteiger partial charge in [0.2, 0.25) is 0 Å². The van der Waals surface area contributed by atoms with E-state index in [0.717, 1.165) is 12.7 Å². The van der Waals surface area contributed by atoms with Gasteiger partial charge in [-0.25, -0.2) is 0 Å². The summed E-state index contributed by atoms with van der Waals surface area (Å²) in [5.41, 5.74) is 11.3. The Labute approximate surface area is 247 Å². The summed E-state index contributed by atoms with van der Waals surface area (Å²) in [5, 5.41) is 6.52. The fourth-order valence-electron chi connectivity index (χ4n) is 5.38. The van der Waals surface area contributed by atoms with Gasteiger partial charge in [0.05, 0.1) is 0 Å². The number of hydrogen-bond acceptors (Lipinski definition) is 18. The van der Waals surface area contributed by atoms with Crippen molar-refractivity contribution < 1.29 is 41.9 Å². The Morgan fingerprint density at radius 3 is 2.88 bits per heavy atom. The van der Waals surface area contributed by atoms with Gasteiger partial charge in [0.15, 0.2) is 0 Å². The zero-order valence-corrected chi connectivity index (χ0v) is 25.0. The first-order valence-electron chi connectivity index (χ1n) is 13.0. The molecule has 3 unspecified atom stereocenters. The van der Waals surface area contributed by atoms with E-state index in [1.807, 2.05) is 4.90 Å². The third-order valence-electron chi connectivity index (χ3n) is 7.27. The van der Waals surface area contributed by atoms with E-state index in [9.17, 15) is 19.5 Å². The summed E-state index contributed by atoms with van der Waals surface area (Å²) in [5.74, 6) is 0.172. The van der Waals surface area contributed by atoms with Gasteiger partial charge in [-0.15, -0.1) is 0 Å². The molecule has 22 heteroatoms. The molecule has 3 aromatic rings. The van der Waals surface area contributed by atoms with Crippen molar-refractivity contribution in [3.8, 4) is 5.75 Å². The number of thiol groups is 1. The predicted molar refractivity (Wildman–Crippen MR) is 156 cm³/mol. The van der Waals surface area contributed by atoms with Crippen LogP contribution in [0.1, 0.15) is 18.6 Å². The van der Waals surface area contributed by atoms with E-state index in [2.05, 4.69) is 37.8 Å². The molecular formula is C21H29N9O10P2S. The van der Waals surface area contributed by atoms with Crippen molar-refractivity contribution in [2.45, 2.75) is 31.8 Å². The second-order valence-corrected chi connectivity index (χ2v) is 14.9. The first kappa shape index (κ1) is 28.6. The minimum atomic E-state index is -4.89. The monoisotopic (exact) mass is 661 g/mol. The van der Waals surface area contributed by atoms with Crippen LogP contribution >= 0.6 is 27.6 Å². The molecule has 7 heterocycles. The topological polar surface area (TPSA) is 263 Å². The quantitative estimate of drug-likeness (QED) is 0.125. The number of furan rings is 1. The summed E-state index contributed by atoms with van der Waals surface area (Å²) in [6.45, 7) is 0.676. The van der Waals surface area contributed by atoms with Crippen LogP contribution in [0, 0.1) is 5.92 Å². The van der Waals surface area contributed by atoms with Gasteiger partial charge < -0.3 is 0 Å². The Hall–Kier alpha value is -3.16. The van der Waals surface area contributed by atoms with E-state index >= 15 is 0 Å². The molecule has 0 aromatic carbocycles. The number of nitrogens with two attached hydrogens (primary N) is 2. The Balaban J connectivity index is 1.22. The molecule has 2 saturated heterocycles.